The number of benzene rings is 3. The number of halogens is 1. The van der Waals surface area contributed by atoms with Crippen molar-refractivity contribution in [3.8, 4) is 5.75 Å². The average Bonchev–Trinajstić information content (AvgIpc) is 2.69. The van der Waals surface area contributed by atoms with Gasteiger partial charge in [-0.1, -0.05) is 28.1 Å². The summed E-state index contributed by atoms with van der Waals surface area (Å²) >= 11 is 3.34. The van der Waals surface area contributed by atoms with E-state index in [0.717, 1.165) is 15.6 Å². The fraction of sp³-hybridized carbons (Fsp3) is 0.136. The summed E-state index contributed by atoms with van der Waals surface area (Å²) < 4.78 is 34.0. The van der Waals surface area contributed by atoms with Crippen LogP contribution in [0.15, 0.2) is 76.1 Å². The van der Waals surface area contributed by atoms with E-state index in [4.69, 9.17) is 4.74 Å². The van der Waals surface area contributed by atoms with Crippen LogP contribution < -0.4 is 14.8 Å². The third-order valence-corrected chi connectivity index (χ3v) is 6.26. The van der Waals surface area contributed by atoms with Crippen LogP contribution in [0.4, 0.5) is 11.4 Å². The zero-order chi connectivity index (χ0) is 21.7. The standard InChI is InChI=1S/C22H21BrN2O4S/c1-15-6-7-19(12-16(15)2)25-30(27,28)21-10-8-18(9-11-21)24-22(26)14-29-20-5-3-4-17(23)13-20/h3-13,25H,14H2,1-2H3,(H,24,26). The molecule has 0 saturated carbocycles. The zero-order valence-electron chi connectivity index (χ0n) is 16.5. The maximum atomic E-state index is 12.6. The van der Waals surface area contributed by atoms with Gasteiger partial charge >= 0.3 is 0 Å². The summed E-state index contributed by atoms with van der Waals surface area (Å²) in [5, 5.41) is 2.68. The van der Waals surface area contributed by atoms with Crippen LogP contribution in [0.25, 0.3) is 0 Å². The molecule has 0 spiro atoms. The van der Waals surface area contributed by atoms with Gasteiger partial charge in [0.2, 0.25) is 0 Å². The lowest BCUT2D eigenvalue weighted by molar-refractivity contribution is -0.118. The van der Waals surface area contributed by atoms with Crippen LogP contribution in [-0.4, -0.2) is 20.9 Å². The Bertz CT molecular complexity index is 1160. The second kappa shape index (κ2) is 9.32. The highest BCUT2D eigenvalue weighted by Crippen LogP contribution is 2.21. The van der Waals surface area contributed by atoms with Gasteiger partial charge in [-0.3, -0.25) is 9.52 Å². The molecule has 0 radical (unpaired) electrons. The van der Waals surface area contributed by atoms with Crippen molar-refractivity contribution in [2.24, 2.45) is 0 Å². The molecule has 6 nitrogen and oxygen atoms in total. The molecule has 3 aromatic carbocycles. The summed E-state index contributed by atoms with van der Waals surface area (Å²) in [5.41, 5.74) is 3.06. The first-order valence-electron chi connectivity index (χ1n) is 9.11. The van der Waals surface area contributed by atoms with Crippen LogP contribution in [0.3, 0.4) is 0 Å². The lowest BCUT2D eigenvalue weighted by atomic mass is 10.1. The average molecular weight is 489 g/mol. The molecular formula is C22H21BrN2O4S. The summed E-state index contributed by atoms with van der Waals surface area (Å²) in [6.07, 6.45) is 0. The van der Waals surface area contributed by atoms with Gasteiger partial charge in [0.15, 0.2) is 6.61 Å². The van der Waals surface area contributed by atoms with Gasteiger partial charge in [-0.2, -0.15) is 0 Å². The van der Waals surface area contributed by atoms with Crippen molar-refractivity contribution in [3.05, 3.63) is 82.3 Å². The van der Waals surface area contributed by atoms with E-state index in [-0.39, 0.29) is 17.4 Å². The molecule has 0 aliphatic rings. The van der Waals surface area contributed by atoms with Crippen molar-refractivity contribution in [2.75, 3.05) is 16.6 Å². The van der Waals surface area contributed by atoms with E-state index in [1.54, 1.807) is 24.3 Å². The molecule has 8 heteroatoms. The van der Waals surface area contributed by atoms with E-state index in [0.29, 0.717) is 17.1 Å². The van der Waals surface area contributed by atoms with Crippen LogP contribution >= 0.6 is 15.9 Å². The first kappa shape index (κ1) is 21.9. The number of amides is 1. The highest BCUT2D eigenvalue weighted by atomic mass is 79.9. The number of rotatable bonds is 7. The number of ether oxygens (including phenoxy) is 1. The first-order valence-corrected chi connectivity index (χ1v) is 11.4. The minimum absolute atomic E-state index is 0.101. The van der Waals surface area contributed by atoms with Crippen molar-refractivity contribution in [1.82, 2.24) is 0 Å². The molecule has 0 heterocycles. The summed E-state index contributed by atoms with van der Waals surface area (Å²) in [4.78, 5) is 12.2. The molecule has 0 unspecified atom stereocenters. The van der Waals surface area contributed by atoms with Gasteiger partial charge in [-0.05, 0) is 79.6 Å². The minimum Gasteiger partial charge on any atom is -0.484 e. The van der Waals surface area contributed by atoms with Crippen LogP contribution in [0.5, 0.6) is 5.75 Å². The van der Waals surface area contributed by atoms with Crippen molar-refractivity contribution in [3.63, 3.8) is 0 Å². The van der Waals surface area contributed by atoms with E-state index in [2.05, 4.69) is 26.0 Å². The van der Waals surface area contributed by atoms with Crippen LogP contribution in [0.2, 0.25) is 0 Å². The molecule has 0 atom stereocenters. The van der Waals surface area contributed by atoms with E-state index >= 15 is 0 Å². The van der Waals surface area contributed by atoms with Gasteiger partial charge in [-0.15, -0.1) is 0 Å². The fourth-order valence-corrected chi connectivity index (χ4v) is 4.07. The Morgan fingerprint density at radius 1 is 0.933 bits per heavy atom. The number of aryl methyl sites for hydroxylation is 2. The molecular weight excluding hydrogens is 468 g/mol. The quantitative estimate of drug-likeness (QED) is 0.495. The maximum Gasteiger partial charge on any atom is 0.262 e. The van der Waals surface area contributed by atoms with Crippen LogP contribution in [0, 0.1) is 13.8 Å². The van der Waals surface area contributed by atoms with Gasteiger partial charge in [0.25, 0.3) is 15.9 Å². The monoisotopic (exact) mass is 488 g/mol. The molecule has 0 bridgehead atoms. The Morgan fingerprint density at radius 2 is 1.63 bits per heavy atom. The largest absolute Gasteiger partial charge is 0.484 e. The molecule has 30 heavy (non-hydrogen) atoms. The number of nitrogens with one attached hydrogen (secondary N) is 2. The molecule has 0 aromatic heterocycles. The molecule has 0 fully saturated rings. The second-order valence-corrected chi connectivity index (χ2v) is 9.32. The summed E-state index contributed by atoms with van der Waals surface area (Å²) in [6.45, 7) is 3.72. The SMILES string of the molecule is Cc1ccc(NS(=O)(=O)c2ccc(NC(=O)COc3cccc(Br)c3)cc2)cc1C. The molecule has 0 aliphatic carbocycles. The van der Waals surface area contributed by atoms with Gasteiger partial charge in [-0.25, -0.2) is 8.42 Å². The molecule has 3 aromatic rings. The Morgan fingerprint density at radius 3 is 2.30 bits per heavy atom. The molecule has 0 saturated heterocycles. The van der Waals surface area contributed by atoms with E-state index in [1.165, 1.54) is 24.3 Å². The van der Waals surface area contributed by atoms with E-state index in [9.17, 15) is 13.2 Å². The number of hydrogen-bond acceptors (Lipinski definition) is 4. The van der Waals surface area contributed by atoms with E-state index < -0.39 is 10.0 Å². The van der Waals surface area contributed by atoms with Crippen molar-refractivity contribution in [1.29, 1.82) is 0 Å². The highest BCUT2D eigenvalue weighted by Gasteiger charge is 2.15. The molecule has 1 amide bonds. The molecule has 156 valence electrons. The summed E-state index contributed by atoms with van der Waals surface area (Å²) in [6, 6.07) is 18.5. The predicted molar refractivity (Wildman–Crippen MR) is 121 cm³/mol. The number of anilines is 2. The second-order valence-electron chi connectivity index (χ2n) is 6.72. The van der Waals surface area contributed by atoms with Gasteiger partial charge in [0.1, 0.15) is 5.75 Å². The van der Waals surface area contributed by atoms with Crippen molar-refractivity contribution < 1.29 is 17.9 Å². The molecule has 2 N–H and O–H groups in total. The van der Waals surface area contributed by atoms with Crippen molar-refractivity contribution in [2.45, 2.75) is 18.7 Å². The molecule has 3 rings (SSSR count). The lowest BCUT2D eigenvalue weighted by Crippen LogP contribution is -2.20. The Kier molecular flexibility index (Phi) is 6.79. The van der Waals surface area contributed by atoms with Gasteiger partial charge < -0.3 is 10.1 Å². The van der Waals surface area contributed by atoms with E-state index in [1.807, 2.05) is 32.0 Å². The topological polar surface area (TPSA) is 84.5 Å². The first-order chi connectivity index (χ1) is 14.2. The number of carbonyl (C=O) groups is 1. The smallest absolute Gasteiger partial charge is 0.262 e. The van der Waals surface area contributed by atoms with Gasteiger partial charge in [0, 0.05) is 15.8 Å². The highest BCUT2D eigenvalue weighted by molar-refractivity contribution is 9.10. The van der Waals surface area contributed by atoms with Crippen molar-refractivity contribution >= 4 is 43.2 Å². The van der Waals surface area contributed by atoms with Crippen LogP contribution in [0.1, 0.15) is 11.1 Å². The number of sulfonamides is 1. The normalized spacial score (nSPS) is 11.0. The predicted octanol–water partition coefficient (Wildman–Crippen LogP) is 4.88. The lowest BCUT2D eigenvalue weighted by Gasteiger charge is -2.11. The zero-order valence-corrected chi connectivity index (χ0v) is 18.9. The Labute approximate surface area is 184 Å². The Hall–Kier alpha value is -2.84. The summed E-state index contributed by atoms with van der Waals surface area (Å²) in [7, 11) is -3.73. The fourth-order valence-electron chi connectivity index (χ4n) is 2.64. The number of carbonyl (C=O) groups excluding carboxylic acids is 1. The third kappa shape index (κ3) is 5.84. The molecule has 0 aliphatic heterocycles. The maximum absolute atomic E-state index is 12.6. The van der Waals surface area contributed by atoms with Crippen LogP contribution in [-0.2, 0) is 14.8 Å². The third-order valence-electron chi connectivity index (χ3n) is 4.37. The Balaban J connectivity index is 1.60. The number of hydrogen-bond donors (Lipinski definition) is 2. The minimum atomic E-state index is -3.73. The van der Waals surface area contributed by atoms with Gasteiger partial charge in [0.05, 0.1) is 4.90 Å². The summed E-state index contributed by atoms with van der Waals surface area (Å²) in [5.74, 6) is 0.220.